The minimum Gasteiger partial charge on any atom is -0.486 e. The number of ketones is 1. The molecule has 4 nitrogen and oxygen atoms in total. The molecule has 1 aromatic carbocycles. The van der Waals surface area contributed by atoms with E-state index in [0.717, 1.165) is 0 Å². The Balaban J connectivity index is 2.54. The molecule has 0 radical (unpaired) electrons. The summed E-state index contributed by atoms with van der Waals surface area (Å²) in [6, 6.07) is 1.31. The average molecular weight is 260 g/mol. The summed E-state index contributed by atoms with van der Waals surface area (Å²) in [5.74, 6) is -0.803. The summed E-state index contributed by atoms with van der Waals surface area (Å²) in [7, 11) is 0. The van der Waals surface area contributed by atoms with E-state index in [2.05, 4.69) is 0 Å². The Morgan fingerprint density at radius 1 is 1.47 bits per heavy atom. The maximum absolute atomic E-state index is 13.8. The largest absolute Gasteiger partial charge is 0.486 e. The maximum atomic E-state index is 13.8. The van der Waals surface area contributed by atoms with Gasteiger partial charge in [0.1, 0.15) is 18.8 Å². The third kappa shape index (κ3) is 2.21. The van der Waals surface area contributed by atoms with Crippen LogP contribution in [0, 0.1) is 5.82 Å². The third-order valence-corrected chi connectivity index (χ3v) is 2.65. The van der Waals surface area contributed by atoms with E-state index in [0.29, 0.717) is 12.4 Å². The summed E-state index contributed by atoms with van der Waals surface area (Å²) in [5.41, 5.74) is 5.11. The van der Waals surface area contributed by atoms with Crippen LogP contribution >= 0.6 is 11.6 Å². The van der Waals surface area contributed by atoms with Gasteiger partial charge in [-0.25, -0.2) is 4.39 Å². The molecule has 0 atom stereocenters. The lowest BCUT2D eigenvalue weighted by Crippen LogP contribution is -2.20. The van der Waals surface area contributed by atoms with Gasteiger partial charge in [0, 0.05) is 12.5 Å². The van der Waals surface area contributed by atoms with E-state index in [1.807, 2.05) is 0 Å². The number of hydrogen-bond donors (Lipinski definition) is 1. The van der Waals surface area contributed by atoms with Crippen molar-refractivity contribution >= 4 is 17.4 Å². The van der Waals surface area contributed by atoms with Gasteiger partial charge in [-0.05, 0) is 6.54 Å². The van der Waals surface area contributed by atoms with Crippen molar-refractivity contribution in [1.29, 1.82) is 0 Å². The second-order valence-corrected chi connectivity index (χ2v) is 3.94. The molecule has 1 heterocycles. The summed E-state index contributed by atoms with van der Waals surface area (Å²) in [6.07, 6.45) is 0.0348. The average Bonchev–Trinajstić information content (AvgIpc) is 2.31. The standard InChI is InChI=1S/C11H11ClFNO3/c12-6-5-8-11(17-4-3-16-8)9(10(6)13)7(15)1-2-14/h5H,1-4,14H2. The summed E-state index contributed by atoms with van der Waals surface area (Å²) >= 11 is 5.70. The molecule has 2 rings (SSSR count). The lowest BCUT2D eigenvalue weighted by atomic mass is 10.1. The van der Waals surface area contributed by atoms with Gasteiger partial charge in [-0.15, -0.1) is 0 Å². The minimum absolute atomic E-state index is 0.0348. The number of halogens is 2. The van der Waals surface area contributed by atoms with Crippen LogP contribution in [-0.2, 0) is 0 Å². The Kier molecular flexibility index (Phi) is 3.49. The normalized spacial score (nSPS) is 13.6. The van der Waals surface area contributed by atoms with Crippen LogP contribution in [0.3, 0.4) is 0 Å². The number of fused-ring (bicyclic) bond motifs is 1. The summed E-state index contributed by atoms with van der Waals surface area (Å²) in [5, 5.41) is -0.158. The van der Waals surface area contributed by atoms with E-state index >= 15 is 0 Å². The first-order valence-electron chi connectivity index (χ1n) is 5.16. The van der Waals surface area contributed by atoms with E-state index in [1.165, 1.54) is 6.07 Å². The highest BCUT2D eigenvalue weighted by atomic mass is 35.5. The second-order valence-electron chi connectivity index (χ2n) is 3.53. The molecule has 6 heteroatoms. The number of benzene rings is 1. The van der Waals surface area contributed by atoms with Gasteiger partial charge < -0.3 is 15.2 Å². The molecule has 0 saturated carbocycles. The zero-order valence-corrected chi connectivity index (χ0v) is 9.72. The van der Waals surface area contributed by atoms with Crippen molar-refractivity contribution in [2.45, 2.75) is 6.42 Å². The predicted molar refractivity (Wildman–Crippen MR) is 60.4 cm³/mol. The van der Waals surface area contributed by atoms with Gasteiger partial charge in [-0.2, -0.15) is 0 Å². The van der Waals surface area contributed by atoms with Crippen molar-refractivity contribution in [1.82, 2.24) is 0 Å². The van der Waals surface area contributed by atoms with Crippen LogP contribution in [0.5, 0.6) is 11.5 Å². The van der Waals surface area contributed by atoms with Gasteiger partial charge in [0.2, 0.25) is 0 Å². The van der Waals surface area contributed by atoms with Gasteiger partial charge >= 0.3 is 0 Å². The number of rotatable bonds is 3. The molecule has 0 aromatic heterocycles. The van der Waals surface area contributed by atoms with E-state index in [4.69, 9.17) is 26.8 Å². The fourth-order valence-electron chi connectivity index (χ4n) is 1.64. The monoisotopic (exact) mass is 259 g/mol. The molecule has 2 N–H and O–H groups in total. The maximum Gasteiger partial charge on any atom is 0.175 e. The number of carbonyl (C=O) groups excluding carboxylic acids is 1. The zero-order chi connectivity index (χ0) is 12.4. The molecule has 1 aromatic rings. The molecular weight excluding hydrogens is 249 g/mol. The van der Waals surface area contributed by atoms with Crippen LogP contribution in [0.25, 0.3) is 0 Å². The molecule has 0 spiro atoms. The first kappa shape index (κ1) is 12.1. The summed E-state index contributed by atoms with van der Waals surface area (Å²) in [4.78, 5) is 11.8. The van der Waals surface area contributed by atoms with Crippen molar-refractivity contribution in [2.24, 2.45) is 5.73 Å². The first-order chi connectivity index (χ1) is 8.15. The molecule has 17 heavy (non-hydrogen) atoms. The third-order valence-electron chi connectivity index (χ3n) is 2.38. The molecule has 0 fully saturated rings. The predicted octanol–water partition coefficient (Wildman–Crippen LogP) is 1.78. The van der Waals surface area contributed by atoms with Crippen molar-refractivity contribution < 1.29 is 18.7 Å². The van der Waals surface area contributed by atoms with E-state index in [-0.39, 0.29) is 35.9 Å². The van der Waals surface area contributed by atoms with E-state index < -0.39 is 11.6 Å². The number of carbonyl (C=O) groups is 1. The molecule has 0 bridgehead atoms. The lowest BCUT2D eigenvalue weighted by Gasteiger charge is -2.21. The Morgan fingerprint density at radius 3 is 2.88 bits per heavy atom. The van der Waals surface area contributed by atoms with Crippen LogP contribution < -0.4 is 15.2 Å². The number of Topliss-reactive ketones (excluding diaryl/α,β-unsaturated/α-hetero) is 1. The molecule has 1 aliphatic heterocycles. The molecular formula is C11H11ClFNO3. The SMILES string of the molecule is NCCC(=O)c1c(F)c(Cl)cc2c1OCCO2. The fourth-order valence-corrected chi connectivity index (χ4v) is 1.83. The Morgan fingerprint density at radius 2 is 2.18 bits per heavy atom. The summed E-state index contributed by atoms with van der Waals surface area (Å²) in [6.45, 7) is 0.761. The van der Waals surface area contributed by atoms with Crippen molar-refractivity contribution in [3.63, 3.8) is 0 Å². The molecule has 0 unspecified atom stereocenters. The lowest BCUT2D eigenvalue weighted by molar-refractivity contribution is 0.0969. The highest BCUT2D eigenvalue weighted by molar-refractivity contribution is 6.31. The Labute approximate surface area is 102 Å². The first-order valence-corrected chi connectivity index (χ1v) is 5.53. The number of hydrogen-bond acceptors (Lipinski definition) is 4. The molecule has 0 saturated heterocycles. The molecule has 92 valence electrons. The van der Waals surface area contributed by atoms with Crippen molar-refractivity contribution in [3.8, 4) is 11.5 Å². The van der Waals surface area contributed by atoms with Gasteiger partial charge in [-0.1, -0.05) is 11.6 Å². The smallest absolute Gasteiger partial charge is 0.175 e. The van der Waals surface area contributed by atoms with Crippen LogP contribution in [0.1, 0.15) is 16.8 Å². The molecule has 0 amide bonds. The molecule has 1 aliphatic rings. The Bertz CT molecular complexity index is 465. The van der Waals surface area contributed by atoms with Crippen molar-refractivity contribution in [2.75, 3.05) is 19.8 Å². The van der Waals surface area contributed by atoms with Gasteiger partial charge in [-0.3, -0.25) is 4.79 Å². The zero-order valence-electron chi connectivity index (χ0n) is 8.96. The van der Waals surface area contributed by atoms with Crippen LogP contribution in [-0.4, -0.2) is 25.5 Å². The topological polar surface area (TPSA) is 61.6 Å². The van der Waals surface area contributed by atoms with Crippen LogP contribution in [0.2, 0.25) is 5.02 Å². The fraction of sp³-hybridized carbons (Fsp3) is 0.364. The van der Waals surface area contributed by atoms with Gasteiger partial charge in [0.05, 0.1) is 5.02 Å². The summed E-state index contributed by atoms with van der Waals surface area (Å²) < 4.78 is 24.4. The van der Waals surface area contributed by atoms with E-state index in [1.54, 1.807) is 0 Å². The van der Waals surface area contributed by atoms with Gasteiger partial charge in [0.25, 0.3) is 0 Å². The minimum atomic E-state index is -0.783. The van der Waals surface area contributed by atoms with Gasteiger partial charge in [0.15, 0.2) is 23.1 Å². The van der Waals surface area contributed by atoms with Crippen LogP contribution in [0.15, 0.2) is 6.07 Å². The van der Waals surface area contributed by atoms with Crippen LogP contribution in [0.4, 0.5) is 4.39 Å². The van der Waals surface area contributed by atoms with E-state index in [9.17, 15) is 9.18 Å². The Hall–Kier alpha value is -1.33. The van der Waals surface area contributed by atoms with Crippen molar-refractivity contribution in [3.05, 3.63) is 22.5 Å². The quantitative estimate of drug-likeness (QED) is 0.841. The highest BCUT2D eigenvalue weighted by Gasteiger charge is 2.26. The number of ether oxygens (including phenoxy) is 2. The molecule has 0 aliphatic carbocycles. The number of nitrogens with two attached hydrogens (primary N) is 1. The second kappa shape index (κ2) is 4.89. The highest BCUT2D eigenvalue weighted by Crippen LogP contribution is 2.39.